The number of nitrogens with zero attached hydrogens (tertiary/aromatic N) is 4. The molecule has 0 atom stereocenters. The maximum absolute atomic E-state index is 11.9. The fourth-order valence-corrected chi connectivity index (χ4v) is 2.69. The van der Waals surface area contributed by atoms with E-state index in [4.69, 9.17) is 0 Å². The first-order chi connectivity index (χ1) is 13.1. The third kappa shape index (κ3) is 5.13. The Morgan fingerprint density at radius 1 is 1.07 bits per heavy atom. The number of carbonyl (C=O) groups is 1. The van der Waals surface area contributed by atoms with Crippen LogP contribution in [0.25, 0.3) is 5.82 Å². The average Bonchev–Trinajstić information content (AvgIpc) is 3.03. The van der Waals surface area contributed by atoms with Crippen molar-refractivity contribution in [3.8, 4) is 5.82 Å². The zero-order valence-corrected chi connectivity index (χ0v) is 15.6. The van der Waals surface area contributed by atoms with Gasteiger partial charge in [0.1, 0.15) is 24.3 Å². The van der Waals surface area contributed by atoms with E-state index >= 15 is 0 Å². The van der Waals surface area contributed by atoms with E-state index in [0.29, 0.717) is 25.3 Å². The molecule has 0 saturated carbocycles. The van der Waals surface area contributed by atoms with Gasteiger partial charge in [-0.25, -0.2) is 15.0 Å². The second-order valence-electron chi connectivity index (χ2n) is 6.31. The first kappa shape index (κ1) is 18.6. The predicted octanol–water partition coefficient (Wildman–Crippen LogP) is 2.44. The van der Waals surface area contributed by atoms with E-state index in [1.165, 1.54) is 11.9 Å². The Morgan fingerprint density at radius 3 is 2.63 bits per heavy atom. The molecule has 2 aromatic heterocycles. The van der Waals surface area contributed by atoms with Crippen LogP contribution in [0.3, 0.4) is 0 Å². The summed E-state index contributed by atoms with van der Waals surface area (Å²) in [5.41, 5.74) is 3.19. The van der Waals surface area contributed by atoms with Gasteiger partial charge < -0.3 is 10.6 Å². The van der Waals surface area contributed by atoms with Crippen molar-refractivity contribution in [1.29, 1.82) is 0 Å². The number of carbonyl (C=O) groups excluding carboxylic acids is 1. The van der Waals surface area contributed by atoms with Crippen LogP contribution in [0, 0.1) is 13.8 Å². The number of amides is 1. The lowest BCUT2D eigenvalue weighted by Crippen LogP contribution is -2.29. The van der Waals surface area contributed by atoms with Gasteiger partial charge in [-0.05, 0) is 25.8 Å². The summed E-state index contributed by atoms with van der Waals surface area (Å²) < 4.78 is 1.92. The minimum absolute atomic E-state index is 0.0496. The molecule has 27 heavy (non-hydrogen) atoms. The maximum Gasteiger partial charge on any atom is 0.220 e. The topological polar surface area (TPSA) is 84.7 Å². The first-order valence-corrected chi connectivity index (χ1v) is 9.01. The highest BCUT2D eigenvalue weighted by Gasteiger charge is 2.07. The van der Waals surface area contributed by atoms with Crippen LogP contribution < -0.4 is 10.6 Å². The van der Waals surface area contributed by atoms with Crippen molar-refractivity contribution in [3.05, 3.63) is 66.0 Å². The van der Waals surface area contributed by atoms with Crippen molar-refractivity contribution in [3.63, 3.8) is 0 Å². The van der Waals surface area contributed by atoms with E-state index < -0.39 is 0 Å². The number of aromatic nitrogens is 4. The van der Waals surface area contributed by atoms with E-state index in [1.54, 1.807) is 6.33 Å². The van der Waals surface area contributed by atoms with Gasteiger partial charge in [-0.3, -0.25) is 9.36 Å². The Bertz CT molecular complexity index is 890. The average molecular weight is 364 g/mol. The van der Waals surface area contributed by atoms with Gasteiger partial charge in [0.2, 0.25) is 5.91 Å². The molecule has 0 aliphatic heterocycles. The highest BCUT2D eigenvalue weighted by Crippen LogP contribution is 2.13. The highest BCUT2D eigenvalue weighted by atomic mass is 16.1. The third-order valence-electron chi connectivity index (χ3n) is 4.39. The van der Waals surface area contributed by atoms with Gasteiger partial charge in [0.25, 0.3) is 0 Å². The summed E-state index contributed by atoms with van der Waals surface area (Å²) in [7, 11) is 0. The Balaban J connectivity index is 1.43. The number of benzene rings is 1. The minimum Gasteiger partial charge on any atom is -0.368 e. The number of hydrogen-bond acceptors (Lipinski definition) is 5. The van der Waals surface area contributed by atoms with Gasteiger partial charge in [0.05, 0.1) is 5.69 Å². The largest absolute Gasteiger partial charge is 0.368 e. The van der Waals surface area contributed by atoms with Crippen LogP contribution in [0.5, 0.6) is 0 Å². The van der Waals surface area contributed by atoms with Crippen molar-refractivity contribution in [2.75, 3.05) is 18.4 Å². The lowest BCUT2D eigenvalue weighted by Gasteiger charge is -2.09. The molecule has 7 nitrogen and oxygen atoms in total. The summed E-state index contributed by atoms with van der Waals surface area (Å²) in [4.78, 5) is 24.7. The van der Waals surface area contributed by atoms with Crippen LogP contribution in [-0.2, 0) is 11.2 Å². The summed E-state index contributed by atoms with van der Waals surface area (Å²) in [5, 5.41) is 6.13. The molecule has 1 aromatic carbocycles. The summed E-state index contributed by atoms with van der Waals surface area (Å²) in [6, 6.07) is 11.9. The fourth-order valence-electron chi connectivity index (χ4n) is 2.69. The molecule has 0 aliphatic rings. The lowest BCUT2D eigenvalue weighted by molar-refractivity contribution is -0.120. The summed E-state index contributed by atoms with van der Waals surface area (Å²) in [6.07, 6.45) is 4.51. The van der Waals surface area contributed by atoms with Crippen molar-refractivity contribution >= 4 is 11.7 Å². The lowest BCUT2D eigenvalue weighted by atomic mass is 10.1. The van der Waals surface area contributed by atoms with E-state index in [9.17, 15) is 4.79 Å². The Kier molecular flexibility index (Phi) is 6.14. The van der Waals surface area contributed by atoms with Gasteiger partial charge in [0.15, 0.2) is 0 Å². The molecule has 2 N–H and O–H groups in total. The molecule has 0 saturated heterocycles. The summed E-state index contributed by atoms with van der Waals surface area (Å²) in [5.74, 6) is 1.52. The molecule has 7 heteroatoms. The van der Waals surface area contributed by atoms with Crippen molar-refractivity contribution in [2.24, 2.45) is 0 Å². The third-order valence-corrected chi connectivity index (χ3v) is 4.39. The molecule has 0 bridgehead atoms. The number of nitrogens with one attached hydrogen (secondary N) is 2. The first-order valence-electron chi connectivity index (χ1n) is 9.01. The molecular formula is C20H24N6O. The zero-order chi connectivity index (χ0) is 19.1. The zero-order valence-electron chi connectivity index (χ0n) is 15.6. The highest BCUT2D eigenvalue weighted by molar-refractivity contribution is 5.76. The number of aryl methyl sites for hydroxylation is 2. The van der Waals surface area contributed by atoms with Crippen LogP contribution in [0.2, 0.25) is 0 Å². The molecule has 0 unspecified atom stereocenters. The van der Waals surface area contributed by atoms with Gasteiger partial charge in [-0.1, -0.05) is 30.3 Å². The van der Waals surface area contributed by atoms with Crippen molar-refractivity contribution in [1.82, 2.24) is 24.8 Å². The van der Waals surface area contributed by atoms with Gasteiger partial charge >= 0.3 is 0 Å². The Hall–Kier alpha value is -3.22. The van der Waals surface area contributed by atoms with E-state index in [2.05, 4.69) is 25.6 Å². The fraction of sp³-hybridized carbons (Fsp3) is 0.300. The molecule has 0 fully saturated rings. The molecule has 1 amide bonds. The van der Waals surface area contributed by atoms with E-state index in [-0.39, 0.29) is 5.91 Å². The smallest absolute Gasteiger partial charge is 0.220 e. The number of hydrogen-bond donors (Lipinski definition) is 2. The molecule has 0 aliphatic carbocycles. The van der Waals surface area contributed by atoms with Gasteiger partial charge in [-0.2, -0.15) is 0 Å². The van der Waals surface area contributed by atoms with Crippen LogP contribution in [-0.4, -0.2) is 38.5 Å². The Morgan fingerprint density at radius 2 is 1.89 bits per heavy atom. The second kappa shape index (κ2) is 8.93. The summed E-state index contributed by atoms with van der Waals surface area (Å²) >= 11 is 0. The van der Waals surface area contributed by atoms with E-state index in [1.807, 2.05) is 54.8 Å². The SMILES string of the molecule is Cc1ncn(-c2cc(NCCNC(=O)CCc3ccccc3)ncn2)c1C. The maximum atomic E-state index is 11.9. The van der Waals surface area contributed by atoms with Crippen molar-refractivity contribution in [2.45, 2.75) is 26.7 Å². The molecule has 140 valence electrons. The van der Waals surface area contributed by atoms with Crippen LogP contribution in [0.4, 0.5) is 5.82 Å². The molecule has 2 heterocycles. The monoisotopic (exact) mass is 364 g/mol. The number of imidazole rings is 1. The predicted molar refractivity (Wildman–Crippen MR) is 105 cm³/mol. The number of anilines is 1. The molecule has 3 rings (SSSR count). The minimum atomic E-state index is 0.0496. The van der Waals surface area contributed by atoms with E-state index in [0.717, 1.165) is 23.6 Å². The summed E-state index contributed by atoms with van der Waals surface area (Å²) in [6.45, 7) is 5.10. The van der Waals surface area contributed by atoms with Gasteiger partial charge in [-0.15, -0.1) is 0 Å². The van der Waals surface area contributed by atoms with Crippen LogP contribution in [0.15, 0.2) is 49.1 Å². The Labute approximate surface area is 158 Å². The standard InChI is InChI=1S/C20H24N6O/c1-15-16(2)26(14-25-15)19-12-18(23-13-24-19)21-10-11-22-20(27)9-8-17-6-4-3-5-7-17/h3-7,12-14H,8-11H2,1-2H3,(H,22,27)(H,21,23,24). The van der Waals surface area contributed by atoms with Crippen LogP contribution in [0.1, 0.15) is 23.4 Å². The molecule has 0 radical (unpaired) electrons. The van der Waals surface area contributed by atoms with Crippen LogP contribution >= 0.6 is 0 Å². The molecule has 0 spiro atoms. The number of rotatable bonds is 8. The van der Waals surface area contributed by atoms with Gasteiger partial charge in [0, 0.05) is 31.3 Å². The van der Waals surface area contributed by atoms with Crippen molar-refractivity contribution < 1.29 is 4.79 Å². The molecule has 3 aromatic rings. The normalized spacial score (nSPS) is 10.6. The quantitative estimate of drug-likeness (QED) is 0.600. The molecular weight excluding hydrogens is 340 g/mol. The second-order valence-corrected chi connectivity index (χ2v) is 6.31.